The van der Waals surface area contributed by atoms with Crippen LogP contribution in [0.4, 0.5) is 13.2 Å². The van der Waals surface area contributed by atoms with Gasteiger partial charge in [0.2, 0.25) is 0 Å². The SMILES string of the molecule is Cc1oc(-c2ccco2)nc1COc1ccc(Cn2cc(CCC(=O)O)c(-c3ccc(C(F)(F)F)cc3)n2)cc1. The van der Waals surface area contributed by atoms with Crippen molar-refractivity contribution in [3.8, 4) is 28.7 Å². The molecule has 0 bridgehead atoms. The van der Waals surface area contributed by atoms with Crippen LogP contribution >= 0.6 is 0 Å². The maximum Gasteiger partial charge on any atom is 0.416 e. The van der Waals surface area contributed by atoms with Crippen molar-refractivity contribution in [2.24, 2.45) is 0 Å². The molecule has 5 rings (SSSR count). The summed E-state index contributed by atoms with van der Waals surface area (Å²) in [6.07, 6.45) is -1.11. The second kappa shape index (κ2) is 11.1. The molecule has 0 saturated heterocycles. The Labute approximate surface area is 226 Å². The molecule has 5 aromatic rings. The molecule has 0 atom stereocenters. The molecule has 1 N–H and O–H groups in total. The van der Waals surface area contributed by atoms with Gasteiger partial charge in [-0.15, -0.1) is 0 Å². The van der Waals surface area contributed by atoms with Crippen molar-refractivity contribution < 1.29 is 36.6 Å². The summed E-state index contributed by atoms with van der Waals surface area (Å²) >= 11 is 0. The van der Waals surface area contributed by atoms with E-state index >= 15 is 0 Å². The number of hydrogen-bond donors (Lipinski definition) is 1. The van der Waals surface area contributed by atoms with Crippen LogP contribution in [0.15, 0.2) is 82.0 Å². The topological polar surface area (TPSA) is 104 Å². The summed E-state index contributed by atoms with van der Waals surface area (Å²) in [6, 6.07) is 15.6. The third-order valence-electron chi connectivity index (χ3n) is 6.20. The number of oxazole rings is 1. The molecule has 0 spiro atoms. The van der Waals surface area contributed by atoms with Gasteiger partial charge in [0.1, 0.15) is 23.8 Å². The van der Waals surface area contributed by atoms with Crippen molar-refractivity contribution in [3.63, 3.8) is 0 Å². The zero-order chi connectivity index (χ0) is 28.3. The fourth-order valence-corrected chi connectivity index (χ4v) is 4.13. The zero-order valence-corrected chi connectivity index (χ0v) is 21.3. The molecule has 206 valence electrons. The van der Waals surface area contributed by atoms with Crippen molar-refractivity contribution in [1.29, 1.82) is 0 Å². The van der Waals surface area contributed by atoms with E-state index in [1.807, 2.05) is 24.3 Å². The quantitative estimate of drug-likeness (QED) is 0.204. The summed E-state index contributed by atoms with van der Waals surface area (Å²) in [5.74, 6) is 1.20. The van der Waals surface area contributed by atoms with E-state index in [2.05, 4.69) is 10.1 Å². The first-order valence-electron chi connectivity index (χ1n) is 12.3. The van der Waals surface area contributed by atoms with Crippen LogP contribution in [0.2, 0.25) is 0 Å². The van der Waals surface area contributed by atoms with Crippen molar-refractivity contribution >= 4 is 5.97 Å². The van der Waals surface area contributed by atoms with E-state index in [4.69, 9.17) is 18.7 Å². The number of benzene rings is 2. The number of aryl methyl sites for hydroxylation is 2. The summed E-state index contributed by atoms with van der Waals surface area (Å²) in [7, 11) is 0. The van der Waals surface area contributed by atoms with E-state index in [1.165, 1.54) is 12.1 Å². The molecule has 0 aliphatic carbocycles. The van der Waals surface area contributed by atoms with Crippen LogP contribution in [-0.4, -0.2) is 25.8 Å². The van der Waals surface area contributed by atoms with Crippen LogP contribution in [0.5, 0.6) is 5.75 Å². The van der Waals surface area contributed by atoms with Gasteiger partial charge < -0.3 is 18.7 Å². The second-order valence-corrected chi connectivity index (χ2v) is 9.10. The van der Waals surface area contributed by atoms with E-state index < -0.39 is 17.7 Å². The highest BCUT2D eigenvalue weighted by molar-refractivity contribution is 5.69. The van der Waals surface area contributed by atoms with Gasteiger partial charge in [-0.25, -0.2) is 4.98 Å². The molecule has 0 radical (unpaired) electrons. The smallest absolute Gasteiger partial charge is 0.416 e. The first-order valence-corrected chi connectivity index (χ1v) is 12.3. The summed E-state index contributed by atoms with van der Waals surface area (Å²) in [5, 5.41) is 13.7. The van der Waals surface area contributed by atoms with Gasteiger partial charge in [0.05, 0.1) is 24.1 Å². The predicted molar refractivity (Wildman–Crippen MR) is 137 cm³/mol. The number of aliphatic carboxylic acids is 1. The number of carbonyl (C=O) groups is 1. The Balaban J connectivity index is 1.27. The molecule has 8 nitrogen and oxygen atoms in total. The standard InChI is InChI=1S/C29H24F3N3O5/c1-18-24(33-28(40-18)25-3-2-14-38-25)17-39-23-11-4-19(5-12-23)15-35-16-21(8-13-26(36)37)27(34-35)20-6-9-22(10-7-20)29(30,31)32/h2-7,9-12,14,16H,8,13,15,17H2,1H3,(H,36,37). The first kappa shape index (κ1) is 26.8. The molecule has 0 aliphatic rings. The van der Waals surface area contributed by atoms with Crippen LogP contribution in [-0.2, 0) is 30.5 Å². The van der Waals surface area contributed by atoms with Crippen molar-refractivity contribution in [1.82, 2.24) is 14.8 Å². The lowest BCUT2D eigenvalue weighted by Gasteiger charge is -2.08. The third-order valence-corrected chi connectivity index (χ3v) is 6.20. The maximum absolute atomic E-state index is 13.0. The highest BCUT2D eigenvalue weighted by Crippen LogP contribution is 2.32. The fraction of sp³-hybridized carbons (Fsp3) is 0.207. The number of ether oxygens (including phenoxy) is 1. The number of furan rings is 1. The van der Waals surface area contributed by atoms with Gasteiger partial charge >= 0.3 is 12.1 Å². The van der Waals surface area contributed by atoms with E-state index in [0.717, 1.165) is 17.7 Å². The lowest BCUT2D eigenvalue weighted by Crippen LogP contribution is -2.04. The van der Waals surface area contributed by atoms with Gasteiger partial charge in [-0.05, 0) is 60.9 Å². The number of hydrogen-bond acceptors (Lipinski definition) is 6. The summed E-state index contributed by atoms with van der Waals surface area (Å²) in [4.78, 5) is 15.6. The molecular formula is C29H24F3N3O5. The maximum atomic E-state index is 13.0. The normalized spacial score (nSPS) is 11.6. The molecule has 0 fully saturated rings. The van der Waals surface area contributed by atoms with Crippen molar-refractivity contribution in [2.75, 3.05) is 0 Å². The number of carboxylic acid groups (broad SMARTS) is 1. The zero-order valence-electron chi connectivity index (χ0n) is 21.3. The Bertz CT molecular complexity index is 1590. The predicted octanol–water partition coefficient (Wildman–Crippen LogP) is 6.77. The lowest BCUT2D eigenvalue weighted by molar-refractivity contribution is -0.138. The molecule has 2 aromatic carbocycles. The Hall–Kier alpha value is -4.80. The molecular weight excluding hydrogens is 527 g/mol. The van der Waals surface area contributed by atoms with Crippen LogP contribution in [0, 0.1) is 6.92 Å². The number of alkyl halides is 3. The molecule has 40 heavy (non-hydrogen) atoms. The molecule has 0 saturated carbocycles. The van der Waals surface area contributed by atoms with E-state index in [-0.39, 0.29) is 19.4 Å². The van der Waals surface area contributed by atoms with Gasteiger partial charge in [0, 0.05) is 18.2 Å². The Morgan fingerprint density at radius 3 is 2.48 bits per heavy atom. The fourth-order valence-electron chi connectivity index (χ4n) is 4.13. The second-order valence-electron chi connectivity index (χ2n) is 9.10. The lowest BCUT2D eigenvalue weighted by atomic mass is 10.0. The van der Waals surface area contributed by atoms with E-state index in [9.17, 15) is 18.0 Å². The highest BCUT2D eigenvalue weighted by atomic mass is 19.4. The summed E-state index contributed by atoms with van der Waals surface area (Å²) < 4.78 is 57.4. The molecule has 11 heteroatoms. The minimum Gasteiger partial charge on any atom is -0.487 e. The number of rotatable bonds is 10. The largest absolute Gasteiger partial charge is 0.487 e. The van der Waals surface area contributed by atoms with Gasteiger partial charge in [-0.3, -0.25) is 9.48 Å². The monoisotopic (exact) mass is 551 g/mol. The Morgan fingerprint density at radius 2 is 1.82 bits per heavy atom. The molecule has 3 heterocycles. The summed E-state index contributed by atoms with van der Waals surface area (Å²) in [5.41, 5.74) is 2.36. The third kappa shape index (κ3) is 6.25. The van der Waals surface area contributed by atoms with Gasteiger partial charge in [0.15, 0.2) is 5.76 Å². The molecule has 0 aliphatic heterocycles. The van der Waals surface area contributed by atoms with Crippen molar-refractivity contribution in [2.45, 2.75) is 39.1 Å². The minimum absolute atomic E-state index is 0.126. The minimum atomic E-state index is -4.45. The molecule has 0 unspecified atom stereocenters. The number of nitrogens with zero attached hydrogens (tertiary/aromatic N) is 3. The van der Waals surface area contributed by atoms with Crippen LogP contribution in [0.3, 0.4) is 0 Å². The molecule has 0 amide bonds. The number of carboxylic acids is 1. The highest BCUT2D eigenvalue weighted by Gasteiger charge is 2.30. The Kier molecular flexibility index (Phi) is 7.45. The first-order chi connectivity index (χ1) is 19.2. The number of aromatic nitrogens is 3. The van der Waals surface area contributed by atoms with Crippen LogP contribution in [0.1, 0.15) is 34.6 Å². The average molecular weight is 552 g/mol. The van der Waals surface area contributed by atoms with Gasteiger partial charge in [-0.2, -0.15) is 18.3 Å². The van der Waals surface area contributed by atoms with Crippen molar-refractivity contribution in [3.05, 3.63) is 101 Å². The Morgan fingerprint density at radius 1 is 1.07 bits per heavy atom. The van der Waals surface area contributed by atoms with E-state index in [0.29, 0.717) is 52.2 Å². The van der Waals surface area contributed by atoms with E-state index in [1.54, 1.807) is 36.2 Å². The number of halogens is 3. The summed E-state index contributed by atoms with van der Waals surface area (Å²) in [6.45, 7) is 2.38. The van der Waals surface area contributed by atoms with Gasteiger partial charge in [0.25, 0.3) is 5.89 Å². The van der Waals surface area contributed by atoms with Crippen LogP contribution in [0.25, 0.3) is 22.9 Å². The van der Waals surface area contributed by atoms with Crippen LogP contribution < -0.4 is 4.74 Å². The average Bonchev–Trinajstić information content (AvgIpc) is 3.67. The molecule has 3 aromatic heterocycles. The van der Waals surface area contributed by atoms with Gasteiger partial charge in [-0.1, -0.05) is 24.3 Å².